The van der Waals surface area contributed by atoms with E-state index in [-0.39, 0.29) is 18.4 Å². The molecule has 4 heteroatoms. The lowest BCUT2D eigenvalue weighted by atomic mass is 10.1. The Labute approximate surface area is 127 Å². The maximum Gasteiger partial charge on any atom is 0.251 e. The first-order valence-electron chi connectivity index (χ1n) is 6.63. The molecule has 1 atom stereocenters. The Morgan fingerprint density at radius 1 is 1.20 bits per heavy atom. The molecule has 0 aliphatic heterocycles. The van der Waals surface area contributed by atoms with Crippen LogP contribution in [0.2, 0.25) is 0 Å². The summed E-state index contributed by atoms with van der Waals surface area (Å²) in [5.74, 6) is -0.0289. The number of carbonyl (C=O) groups excluding carboxylic acids is 1. The Morgan fingerprint density at radius 3 is 2.55 bits per heavy atom. The van der Waals surface area contributed by atoms with Gasteiger partial charge in [0.2, 0.25) is 0 Å². The van der Waals surface area contributed by atoms with Gasteiger partial charge in [-0.05, 0) is 41.0 Å². The van der Waals surface area contributed by atoms with Gasteiger partial charge in [-0.15, -0.1) is 0 Å². The van der Waals surface area contributed by atoms with E-state index in [0.29, 0.717) is 5.56 Å². The number of nitrogens with one attached hydrogen (secondary N) is 1. The molecule has 0 heterocycles. The summed E-state index contributed by atoms with van der Waals surface area (Å²) < 4.78 is 1.02. The third-order valence-electron chi connectivity index (χ3n) is 3.31. The zero-order chi connectivity index (χ0) is 14.7. The molecule has 3 nitrogen and oxygen atoms in total. The zero-order valence-electron chi connectivity index (χ0n) is 11.6. The van der Waals surface area contributed by atoms with Gasteiger partial charge in [0.15, 0.2) is 0 Å². The van der Waals surface area contributed by atoms with Gasteiger partial charge in [-0.2, -0.15) is 0 Å². The molecule has 0 aromatic heterocycles. The van der Waals surface area contributed by atoms with E-state index >= 15 is 0 Å². The van der Waals surface area contributed by atoms with Crippen LogP contribution < -0.4 is 5.32 Å². The van der Waals surface area contributed by atoms with Gasteiger partial charge in [-0.1, -0.05) is 41.9 Å². The standard InChI is InChI=1S/C16H18BrNO2/c1-10(2)15(19)9-18-16(20)13-4-3-12-8-14(17)6-5-11(12)7-13/h3-8,10,15,19H,9H2,1-2H3,(H,18,20). The van der Waals surface area contributed by atoms with Gasteiger partial charge in [-0.25, -0.2) is 0 Å². The smallest absolute Gasteiger partial charge is 0.251 e. The number of rotatable bonds is 4. The second-order valence-electron chi connectivity index (χ2n) is 5.23. The SMILES string of the molecule is CC(C)C(O)CNC(=O)c1ccc2cc(Br)ccc2c1. The summed E-state index contributed by atoms with van der Waals surface area (Å²) in [5.41, 5.74) is 0.607. The van der Waals surface area contributed by atoms with Gasteiger partial charge < -0.3 is 10.4 Å². The third kappa shape index (κ3) is 3.58. The van der Waals surface area contributed by atoms with Gasteiger partial charge in [0, 0.05) is 16.6 Å². The van der Waals surface area contributed by atoms with Gasteiger partial charge in [0.1, 0.15) is 0 Å². The van der Waals surface area contributed by atoms with Crippen molar-refractivity contribution in [2.45, 2.75) is 20.0 Å². The van der Waals surface area contributed by atoms with Crippen molar-refractivity contribution in [1.82, 2.24) is 5.32 Å². The minimum atomic E-state index is -0.518. The quantitative estimate of drug-likeness (QED) is 0.900. The molecule has 0 aliphatic carbocycles. The topological polar surface area (TPSA) is 49.3 Å². The molecule has 20 heavy (non-hydrogen) atoms. The van der Waals surface area contributed by atoms with Gasteiger partial charge in [0.25, 0.3) is 5.91 Å². The fourth-order valence-corrected chi connectivity index (χ4v) is 2.27. The molecule has 1 unspecified atom stereocenters. The maximum absolute atomic E-state index is 12.1. The number of aliphatic hydroxyl groups excluding tert-OH is 1. The molecule has 0 saturated carbocycles. The molecule has 0 bridgehead atoms. The second-order valence-corrected chi connectivity index (χ2v) is 6.14. The van der Waals surface area contributed by atoms with Crippen molar-refractivity contribution in [3.8, 4) is 0 Å². The molecule has 1 amide bonds. The number of hydrogen-bond acceptors (Lipinski definition) is 2. The summed E-state index contributed by atoms with van der Waals surface area (Å²) in [7, 11) is 0. The molecule has 2 aromatic carbocycles. The fourth-order valence-electron chi connectivity index (χ4n) is 1.89. The Kier molecular flexibility index (Phi) is 4.78. The number of fused-ring (bicyclic) bond motifs is 1. The summed E-state index contributed by atoms with van der Waals surface area (Å²) >= 11 is 3.43. The van der Waals surface area contributed by atoms with Gasteiger partial charge in [0.05, 0.1) is 6.10 Å². The van der Waals surface area contributed by atoms with E-state index in [2.05, 4.69) is 21.2 Å². The summed E-state index contributed by atoms with van der Waals surface area (Å²) in [6.07, 6.45) is -0.518. The van der Waals surface area contributed by atoms with Crippen LogP contribution in [-0.2, 0) is 0 Å². The molecule has 0 saturated heterocycles. The van der Waals surface area contributed by atoms with Crippen LogP contribution >= 0.6 is 15.9 Å². The van der Waals surface area contributed by atoms with Crippen molar-refractivity contribution in [2.75, 3.05) is 6.54 Å². The van der Waals surface area contributed by atoms with Gasteiger partial charge in [-0.3, -0.25) is 4.79 Å². The monoisotopic (exact) mass is 335 g/mol. The molecule has 2 rings (SSSR count). The van der Waals surface area contributed by atoms with Crippen LogP contribution in [0.1, 0.15) is 24.2 Å². The Balaban J connectivity index is 2.12. The first-order chi connectivity index (χ1) is 9.47. The van der Waals surface area contributed by atoms with Crippen LogP contribution in [0.4, 0.5) is 0 Å². The molecule has 0 spiro atoms. The van der Waals surface area contributed by atoms with Crippen LogP contribution in [0.25, 0.3) is 10.8 Å². The number of aliphatic hydroxyl groups is 1. The molecule has 0 aliphatic rings. The van der Waals surface area contributed by atoms with Gasteiger partial charge >= 0.3 is 0 Å². The average molecular weight is 336 g/mol. The lowest BCUT2D eigenvalue weighted by molar-refractivity contribution is 0.0871. The van der Waals surface area contributed by atoms with E-state index < -0.39 is 6.10 Å². The second kappa shape index (κ2) is 6.37. The fraction of sp³-hybridized carbons (Fsp3) is 0.312. The van der Waals surface area contributed by atoms with Crippen molar-refractivity contribution in [1.29, 1.82) is 0 Å². The van der Waals surface area contributed by atoms with Crippen LogP contribution in [0.5, 0.6) is 0 Å². The van der Waals surface area contributed by atoms with E-state index in [1.54, 1.807) is 6.07 Å². The molecular formula is C16H18BrNO2. The molecule has 2 aromatic rings. The zero-order valence-corrected chi connectivity index (χ0v) is 13.1. The maximum atomic E-state index is 12.1. The summed E-state index contributed by atoms with van der Waals surface area (Å²) in [4.78, 5) is 12.1. The predicted octanol–water partition coefficient (Wildman–Crippen LogP) is 3.35. The van der Waals surface area contributed by atoms with Crippen molar-refractivity contribution in [3.05, 3.63) is 46.4 Å². The number of carbonyl (C=O) groups is 1. The summed E-state index contributed by atoms with van der Waals surface area (Å²) in [6, 6.07) is 11.5. The van der Waals surface area contributed by atoms with E-state index in [0.717, 1.165) is 15.2 Å². The summed E-state index contributed by atoms with van der Waals surface area (Å²) in [5, 5.41) is 14.6. The van der Waals surface area contributed by atoms with Crippen molar-refractivity contribution in [3.63, 3.8) is 0 Å². The highest BCUT2D eigenvalue weighted by Gasteiger charge is 2.12. The number of hydrogen-bond donors (Lipinski definition) is 2. The van der Waals surface area contributed by atoms with E-state index in [1.165, 1.54) is 0 Å². The van der Waals surface area contributed by atoms with E-state index in [9.17, 15) is 9.90 Å². The minimum Gasteiger partial charge on any atom is -0.391 e. The molecule has 106 valence electrons. The van der Waals surface area contributed by atoms with Crippen LogP contribution in [-0.4, -0.2) is 23.7 Å². The predicted molar refractivity (Wildman–Crippen MR) is 84.8 cm³/mol. The molecular weight excluding hydrogens is 318 g/mol. The average Bonchev–Trinajstić information content (AvgIpc) is 2.43. The lowest BCUT2D eigenvalue weighted by Crippen LogP contribution is -2.34. The normalized spacial score (nSPS) is 12.7. The Hall–Kier alpha value is -1.39. The van der Waals surface area contributed by atoms with Crippen LogP contribution in [0.15, 0.2) is 40.9 Å². The molecule has 2 N–H and O–H groups in total. The highest BCUT2D eigenvalue weighted by molar-refractivity contribution is 9.10. The minimum absolute atomic E-state index is 0.129. The summed E-state index contributed by atoms with van der Waals surface area (Å²) in [6.45, 7) is 4.12. The molecule has 0 fully saturated rings. The molecule has 0 radical (unpaired) electrons. The first kappa shape index (κ1) is 15.0. The first-order valence-corrected chi connectivity index (χ1v) is 7.42. The number of amides is 1. The van der Waals surface area contributed by atoms with Crippen LogP contribution in [0, 0.1) is 5.92 Å². The Morgan fingerprint density at radius 2 is 1.85 bits per heavy atom. The van der Waals surface area contributed by atoms with E-state index in [4.69, 9.17) is 0 Å². The highest BCUT2D eigenvalue weighted by atomic mass is 79.9. The number of benzene rings is 2. The third-order valence-corrected chi connectivity index (χ3v) is 3.80. The number of halogens is 1. The van der Waals surface area contributed by atoms with Crippen LogP contribution in [0.3, 0.4) is 0 Å². The largest absolute Gasteiger partial charge is 0.391 e. The van der Waals surface area contributed by atoms with Crippen molar-refractivity contribution >= 4 is 32.6 Å². The van der Waals surface area contributed by atoms with Crippen molar-refractivity contribution in [2.24, 2.45) is 5.92 Å². The Bertz CT molecular complexity index is 625. The van der Waals surface area contributed by atoms with Crippen molar-refractivity contribution < 1.29 is 9.90 Å². The van der Waals surface area contributed by atoms with E-state index in [1.807, 2.05) is 44.2 Å². The lowest BCUT2D eigenvalue weighted by Gasteiger charge is -2.15. The highest BCUT2D eigenvalue weighted by Crippen LogP contribution is 2.21.